The third kappa shape index (κ3) is 4.46. The highest BCUT2D eigenvalue weighted by Crippen LogP contribution is 2.55. The number of aromatic hydroxyl groups is 1. The van der Waals surface area contributed by atoms with Crippen molar-refractivity contribution in [2.45, 2.75) is 49.4 Å². The number of aliphatic hydroxyl groups is 1. The normalized spacial score (nSPS) is 29.5. The quantitative estimate of drug-likeness (QED) is 0.171. The van der Waals surface area contributed by atoms with Crippen LogP contribution >= 0.6 is 23.7 Å². The molecule has 0 aliphatic carbocycles. The van der Waals surface area contributed by atoms with E-state index in [0.29, 0.717) is 16.8 Å². The van der Waals surface area contributed by atoms with Crippen molar-refractivity contribution in [3.63, 3.8) is 0 Å². The van der Waals surface area contributed by atoms with Gasteiger partial charge in [0.2, 0.25) is 22.0 Å². The number of carbonyl (C=O) groups excluding carboxylic acids is 1. The highest BCUT2D eigenvalue weighted by molar-refractivity contribution is 9.10. The van der Waals surface area contributed by atoms with E-state index >= 15 is 4.39 Å². The van der Waals surface area contributed by atoms with E-state index in [1.807, 2.05) is 0 Å². The molecule has 1 fully saturated rings. The number of anilines is 1. The van der Waals surface area contributed by atoms with Crippen molar-refractivity contribution in [2.75, 3.05) is 12.3 Å². The summed E-state index contributed by atoms with van der Waals surface area (Å²) < 4.78 is 49.5. The third-order valence-corrected chi connectivity index (χ3v) is 8.94. The molecule has 5 heterocycles. The predicted molar refractivity (Wildman–Crippen MR) is 135 cm³/mol. The topological polar surface area (TPSA) is 216 Å². The molecule has 0 aromatic carbocycles. The predicted octanol–water partition coefficient (Wildman–Crippen LogP) is 1.63. The molecule has 5 N–H and O–H groups in total. The number of nitrogens with zero attached hydrogens (tertiary/aromatic N) is 5. The number of alkyl halides is 2. The van der Waals surface area contributed by atoms with Crippen molar-refractivity contribution in [3.8, 4) is 17.7 Å². The van der Waals surface area contributed by atoms with Crippen molar-refractivity contribution in [3.05, 3.63) is 40.8 Å². The monoisotopic (exact) mass is 641 g/mol. The van der Waals surface area contributed by atoms with Crippen LogP contribution in [0.3, 0.4) is 0 Å². The first-order valence-corrected chi connectivity index (χ1v) is 13.9. The number of rotatable bonds is 6. The van der Waals surface area contributed by atoms with Gasteiger partial charge in [-0.2, -0.15) is 10.2 Å². The number of esters is 1. The van der Waals surface area contributed by atoms with Crippen LogP contribution in [0.25, 0.3) is 5.52 Å². The lowest BCUT2D eigenvalue weighted by Crippen LogP contribution is -2.46. The van der Waals surface area contributed by atoms with Gasteiger partial charge in [-0.25, -0.2) is 18.6 Å². The second kappa shape index (κ2) is 9.91. The summed E-state index contributed by atoms with van der Waals surface area (Å²) in [6.07, 6.45) is -2.04. The van der Waals surface area contributed by atoms with Crippen molar-refractivity contribution in [1.82, 2.24) is 24.7 Å². The summed E-state index contributed by atoms with van der Waals surface area (Å²) >= 11 is 2.79. The van der Waals surface area contributed by atoms with Gasteiger partial charge >= 0.3 is 13.7 Å². The van der Waals surface area contributed by atoms with E-state index in [9.17, 15) is 24.8 Å². The second-order valence-electron chi connectivity index (χ2n) is 9.00. The molecule has 2 aliphatic heterocycles. The minimum Gasteiger partial charge on any atom is -0.492 e. The van der Waals surface area contributed by atoms with Gasteiger partial charge in [0.15, 0.2) is 5.75 Å². The molecule has 2 unspecified atom stereocenters. The number of nitrogens with two attached hydrogens (primary N) is 1. The minimum absolute atomic E-state index is 0.000117. The van der Waals surface area contributed by atoms with E-state index in [4.69, 9.17) is 24.3 Å². The lowest BCUT2D eigenvalue weighted by molar-refractivity contribution is -0.142. The molecular formula is C22H22BrFN7O8P. The van der Waals surface area contributed by atoms with Crippen LogP contribution in [0.15, 0.2) is 18.3 Å². The zero-order chi connectivity index (χ0) is 29.0. The molecule has 212 valence electrons. The molecular weight excluding hydrogens is 620 g/mol. The molecule has 1 saturated heterocycles. The molecule has 18 heteroatoms. The summed E-state index contributed by atoms with van der Waals surface area (Å²) in [5.74, 6) is -1.23. The number of nitriles is 1. The largest absolute Gasteiger partial charge is 0.492 e. The molecule has 5 rings (SSSR count). The van der Waals surface area contributed by atoms with Gasteiger partial charge in [-0.1, -0.05) is 0 Å². The SMILES string of the molecule is CC(=O)OCc1cnc(C)c2c1CNP(=O)(OC[C@H]1O[C@@](C#N)(c3ccc4c(O)nc(N)nn34)[C@@](F)(Br)C1O)O2. The standard InChI is InChI=1S/C22H22BrFN7O8P/c1-10-17-13(12(5-27-10)7-36-11(2)32)6-28-40(35,39-17)37-8-15-18(33)22(23,24)21(9-25,38-15)16-4-3-14-19(34)29-20(26)30-31(14)16/h3-5,15,18,33H,6-8H2,1-2H3,(H,28,35)(H3,26,29,30,34)/t15-,18?,21+,22-,40?/m1/s1. The Kier molecular flexibility index (Phi) is 6.97. The van der Waals surface area contributed by atoms with Gasteiger partial charge in [-0.15, -0.1) is 5.10 Å². The van der Waals surface area contributed by atoms with E-state index in [-0.39, 0.29) is 36.1 Å². The number of nitrogen functional groups attached to an aromatic ring is 1. The number of hydrogen-bond donors (Lipinski definition) is 4. The van der Waals surface area contributed by atoms with Crippen LogP contribution in [-0.4, -0.2) is 59.2 Å². The fourth-order valence-corrected chi connectivity index (χ4v) is 6.52. The van der Waals surface area contributed by atoms with Crippen LogP contribution in [0.2, 0.25) is 0 Å². The Bertz CT molecular complexity index is 1610. The first-order valence-electron chi connectivity index (χ1n) is 11.6. The molecule has 0 amide bonds. The number of fused-ring (bicyclic) bond motifs is 2. The molecule has 0 saturated carbocycles. The van der Waals surface area contributed by atoms with E-state index in [1.54, 1.807) is 13.0 Å². The van der Waals surface area contributed by atoms with Crippen LogP contribution in [0.5, 0.6) is 11.6 Å². The van der Waals surface area contributed by atoms with Gasteiger partial charge in [0.25, 0.3) is 0 Å². The summed E-state index contributed by atoms with van der Waals surface area (Å²) in [5.41, 5.74) is 4.34. The van der Waals surface area contributed by atoms with E-state index < -0.39 is 48.6 Å². The fourth-order valence-electron chi connectivity index (χ4n) is 4.46. The van der Waals surface area contributed by atoms with Gasteiger partial charge in [0.05, 0.1) is 18.0 Å². The highest BCUT2D eigenvalue weighted by Gasteiger charge is 2.69. The Morgan fingerprint density at radius 3 is 2.95 bits per heavy atom. The zero-order valence-corrected chi connectivity index (χ0v) is 23.3. The number of nitrogens with one attached hydrogen (secondary N) is 1. The summed E-state index contributed by atoms with van der Waals surface area (Å²) in [5, 5.41) is 37.6. The third-order valence-electron chi connectivity index (χ3n) is 6.45. The number of ether oxygens (including phenoxy) is 2. The zero-order valence-electron chi connectivity index (χ0n) is 20.9. The fraction of sp³-hybridized carbons (Fsp3) is 0.409. The molecule has 3 aromatic heterocycles. The van der Waals surface area contributed by atoms with Crippen LogP contribution in [0, 0.1) is 18.3 Å². The number of hydrogen-bond acceptors (Lipinski definition) is 13. The number of halogens is 2. The Labute approximate surface area is 233 Å². The Hall–Kier alpha value is -3.39. The van der Waals surface area contributed by atoms with Crippen molar-refractivity contribution in [1.29, 1.82) is 5.26 Å². The summed E-state index contributed by atoms with van der Waals surface area (Å²) in [6, 6.07) is 4.30. The second-order valence-corrected chi connectivity index (χ2v) is 11.9. The Balaban J connectivity index is 1.39. The van der Waals surface area contributed by atoms with Crippen molar-refractivity contribution < 1.29 is 42.5 Å². The van der Waals surface area contributed by atoms with Crippen LogP contribution < -0.4 is 15.3 Å². The number of carbonyl (C=O) groups is 1. The first kappa shape index (κ1) is 28.1. The maximum absolute atomic E-state index is 16.1. The van der Waals surface area contributed by atoms with E-state index in [0.717, 1.165) is 4.52 Å². The van der Waals surface area contributed by atoms with Gasteiger partial charge in [-0.3, -0.25) is 14.3 Å². The van der Waals surface area contributed by atoms with Crippen LogP contribution in [0.1, 0.15) is 29.4 Å². The van der Waals surface area contributed by atoms with Gasteiger partial charge in [-0.05, 0) is 35.0 Å². The molecule has 0 bridgehead atoms. The number of aliphatic hydroxyl groups excluding tert-OH is 1. The lowest BCUT2D eigenvalue weighted by atomic mass is 9.93. The molecule has 15 nitrogen and oxygen atoms in total. The summed E-state index contributed by atoms with van der Waals surface area (Å²) in [4.78, 5) is 19.0. The van der Waals surface area contributed by atoms with E-state index in [1.165, 1.54) is 25.3 Å². The van der Waals surface area contributed by atoms with Crippen LogP contribution in [0.4, 0.5) is 10.3 Å². The molecule has 3 aromatic rings. The van der Waals surface area contributed by atoms with Crippen LogP contribution in [-0.2, 0) is 42.1 Å². The van der Waals surface area contributed by atoms with Crippen molar-refractivity contribution >= 4 is 41.1 Å². The Morgan fingerprint density at radius 2 is 2.25 bits per heavy atom. The van der Waals surface area contributed by atoms with Gasteiger partial charge in [0, 0.05) is 30.8 Å². The molecule has 40 heavy (non-hydrogen) atoms. The summed E-state index contributed by atoms with van der Waals surface area (Å²) in [7, 11) is -4.10. The highest BCUT2D eigenvalue weighted by atomic mass is 79.9. The molecule has 2 aliphatic rings. The minimum atomic E-state index is -4.10. The number of aromatic nitrogens is 4. The molecule has 0 radical (unpaired) electrons. The lowest BCUT2D eigenvalue weighted by Gasteiger charge is -2.29. The maximum Gasteiger partial charge on any atom is 0.459 e. The average Bonchev–Trinajstić information content (AvgIpc) is 3.40. The smallest absolute Gasteiger partial charge is 0.459 e. The van der Waals surface area contributed by atoms with Crippen molar-refractivity contribution in [2.24, 2.45) is 0 Å². The molecule has 0 spiro atoms. The van der Waals surface area contributed by atoms with Gasteiger partial charge in [0.1, 0.15) is 30.4 Å². The number of aryl methyl sites for hydroxylation is 1. The first-order chi connectivity index (χ1) is 18.8. The average molecular weight is 642 g/mol. The summed E-state index contributed by atoms with van der Waals surface area (Å²) in [6.45, 7) is 2.12. The number of pyridine rings is 1. The Morgan fingerprint density at radius 1 is 1.50 bits per heavy atom. The molecule has 5 atom stereocenters. The van der Waals surface area contributed by atoms with Gasteiger partial charge < -0.3 is 29.9 Å². The maximum atomic E-state index is 16.1. The van der Waals surface area contributed by atoms with E-state index in [2.05, 4.69) is 36.1 Å².